The Morgan fingerprint density at radius 3 is 2.44 bits per heavy atom. The predicted molar refractivity (Wildman–Crippen MR) is 64.4 cm³/mol. The Labute approximate surface area is 106 Å². The van der Waals surface area contributed by atoms with E-state index in [9.17, 15) is 13.2 Å². The fraction of sp³-hybridized carbons (Fsp3) is 0.600. The molecule has 0 bridgehead atoms. The van der Waals surface area contributed by atoms with Crippen molar-refractivity contribution in [3.63, 3.8) is 0 Å². The number of rotatable bonds is 5. The fourth-order valence-electron chi connectivity index (χ4n) is 1.46. The molecule has 0 aliphatic heterocycles. The molecule has 0 atom stereocenters. The molecule has 1 aromatic rings. The second-order valence-corrected chi connectivity index (χ2v) is 5.90. The van der Waals surface area contributed by atoms with Gasteiger partial charge in [0.2, 0.25) is 15.9 Å². The second kappa shape index (κ2) is 5.49. The molecule has 0 radical (unpaired) electrons. The number of aryl methyl sites for hydroxylation is 2. The van der Waals surface area contributed by atoms with Crippen LogP contribution in [0.3, 0.4) is 0 Å². The Morgan fingerprint density at radius 1 is 1.39 bits per heavy atom. The zero-order chi connectivity index (χ0) is 13.9. The summed E-state index contributed by atoms with van der Waals surface area (Å²) in [5.41, 5.74) is 0.268. The van der Waals surface area contributed by atoms with Crippen LogP contribution in [0, 0.1) is 13.8 Å². The van der Waals surface area contributed by atoms with E-state index in [2.05, 4.69) is 15.2 Å². The topological polar surface area (TPSA) is 101 Å². The minimum absolute atomic E-state index is 0.0140. The molecule has 2 N–H and O–H groups in total. The van der Waals surface area contributed by atoms with E-state index in [0.29, 0.717) is 0 Å². The summed E-state index contributed by atoms with van der Waals surface area (Å²) in [7, 11) is -3.78. The van der Waals surface area contributed by atoms with Crippen molar-refractivity contribution in [3.05, 3.63) is 11.5 Å². The van der Waals surface area contributed by atoms with E-state index in [1.54, 1.807) is 13.8 Å². The summed E-state index contributed by atoms with van der Waals surface area (Å²) in [6.45, 7) is 6.30. The zero-order valence-electron chi connectivity index (χ0n) is 10.8. The SMILES string of the molecule is Cc1noc(C)c1S(=O)(=O)NCC(=O)NC(C)C. The van der Waals surface area contributed by atoms with Gasteiger partial charge >= 0.3 is 0 Å². The van der Waals surface area contributed by atoms with E-state index in [-0.39, 0.29) is 34.8 Å². The first-order valence-corrected chi connectivity index (χ1v) is 6.94. The highest BCUT2D eigenvalue weighted by molar-refractivity contribution is 7.89. The van der Waals surface area contributed by atoms with Gasteiger partial charge in [-0.25, -0.2) is 13.1 Å². The summed E-state index contributed by atoms with van der Waals surface area (Å²) in [4.78, 5) is 11.3. The van der Waals surface area contributed by atoms with Crippen LogP contribution in [0.4, 0.5) is 0 Å². The summed E-state index contributed by atoms with van der Waals surface area (Å²) in [5, 5.41) is 6.15. The summed E-state index contributed by atoms with van der Waals surface area (Å²) < 4.78 is 30.9. The number of nitrogens with zero attached hydrogens (tertiary/aromatic N) is 1. The first kappa shape index (κ1) is 14.7. The van der Waals surface area contributed by atoms with Crippen LogP contribution < -0.4 is 10.0 Å². The number of aromatic nitrogens is 1. The lowest BCUT2D eigenvalue weighted by Gasteiger charge is -2.09. The van der Waals surface area contributed by atoms with Crippen molar-refractivity contribution in [2.45, 2.75) is 38.6 Å². The molecule has 18 heavy (non-hydrogen) atoms. The minimum atomic E-state index is -3.78. The number of hydrogen-bond donors (Lipinski definition) is 2. The third-order valence-electron chi connectivity index (χ3n) is 2.11. The van der Waals surface area contributed by atoms with Crippen molar-refractivity contribution >= 4 is 15.9 Å². The number of sulfonamides is 1. The normalized spacial score (nSPS) is 11.8. The van der Waals surface area contributed by atoms with Crippen LogP contribution in [0.25, 0.3) is 0 Å². The third kappa shape index (κ3) is 3.54. The van der Waals surface area contributed by atoms with Gasteiger partial charge in [-0.1, -0.05) is 5.16 Å². The summed E-state index contributed by atoms with van der Waals surface area (Å²) >= 11 is 0. The molecular formula is C10H17N3O4S. The Balaban J connectivity index is 2.75. The Hall–Kier alpha value is -1.41. The second-order valence-electron chi connectivity index (χ2n) is 4.20. The summed E-state index contributed by atoms with van der Waals surface area (Å²) in [6.07, 6.45) is 0. The van der Waals surface area contributed by atoms with E-state index >= 15 is 0 Å². The molecule has 0 unspecified atom stereocenters. The molecular weight excluding hydrogens is 258 g/mol. The van der Waals surface area contributed by atoms with Gasteiger partial charge in [0, 0.05) is 6.04 Å². The van der Waals surface area contributed by atoms with Crippen molar-refractivity contribution < 1.29 is 17.7 Å². The van der Waals surface area contributed by atoms with E-state index in [1.165, 1.54) is 13.8 Å². The zero-order valence-corrected chi connectivity index (χ0v) is 11.6. The largest absolute Gasteiger partial charge is 0.360 e. The summed E-state index contributed by atoms with van der Waals surface area (Å²) in [6, 6.07) is -0.0407. The molecule has 0 fully saturated rings. The molecule has 0 saturated heterocycles. The fourth-order valence-corrected chi connectivity index (χ4v) is 2.77. The van der Waals surface area contributed by atoms with Crippen LogP contribution in [0.2, 0.25) is 0 Å². The van der Waals surface area contributed by atoms with Gasteiger partial charge < -0.3 is 9.84 Å². The molecule has 102 valence electrons. The molecule has 7 nitrogen and oxygen atoms in total. The predicted octanol–water partition coefficient (Wildman–Crippen LogP) is 0.0943. The first-order chi connectivity index (χ1) is 8.24. The van der Waals surface area contributed by atoms with Gasteiger partial charge in [0.15, 0.2) is 5.76 Å². The minimum Gasteiger partial charge on any atom is -0.360 e. The van der Waals surface area contributed by atoms with Crippen LogP contribution in [-0.2, 0) is 14.8 Å². The summed E-state index contributed by atoms with van der Waals surface area (Å²) in [5.74, 6) is -0.190. The molecule has 0 aliphatic carbocycles. The third-order valence-corrected chi connectivity index (χ3v) is 3.75. The molecule has 0 aromatic carbocycles. The molecule has 1 rings (SSSR count). The maximum atomic E-state index is 11.9. The van der Waals surface area contributed by atoms with E-state index in [4.69, 9.17) is 4.52 Å². The van der Waals surface area contributed by atoms with Gasteiger partial charge in [0.1, 0.15) is 10.6 Å². The van der Waals surface area contributed by atoms with Crippen LogP contribution in [0.15, 0.2) is 9.42 Å². The standard InChI is InChI=1S/C10H17N3O4S/c1-6(2)12-9(14)5-11-18(15,16)10-7(3)13-17-8(10)4/h6,11H,5H2,1-4H3,(H,12,14). The van der Waals surface area contributed by atoms with Crippen LogP contribution in [0.1, 0.15) is 25.3 Å². The highest BCUT2D eigenvalue weighted by atomic mass is 32.2. The lowest BCUT2D eigenvalue weighted by atomic mass is 10.4. The molecule has 1 aromatic heterocycles. The van der Waals surface area contributed by atoms with Crippen LogP contribution in [-0.4, -0.2) is 32.1 Å². The van der Waals surface area contributed by atoms with Crippen LogP contribution >= 0.6 is 0 Å². The molecule has 0 aliphatic rings. The van der Waals surface area contributed by atoms with Gasteiger partial charge in [-0.15, -0.1) is 0 Å². The smallest absolute Gasteiger partial charge is 0.246 e. The monoisotopic (exact) mass is 275 g/mol. The van der Waals surface area contributed by atoms with Crippen molar-refractivity contribution in [2.24, 2.45) is 0 Å². The lowest BCUT2D eigenvalue weighted by molar-refractivity contribution is -0.120. The number of hydrogen-bond acceptors (Lipinski definition) is 5. The van der Waals surface area contributed by atoms with Gasteiger partial charge in [0.05, 0.1) is 6.54 Å². The van der Waals surface area contributed by atoms with Gasteiger partial charge in [-0.2, -0.15) is 0 Å². The van der Waals surface area contributed by atoms with E-state index < -0.39 is 10.0 Å². The number of amides is 1. The van der Waals surface area contributed by atoms with Crippen molar-refractivity contribution in [1.29, 1.82) is 0 Å². The highest BCUT2D eigenvalue weighted by Crippen LogP contribution is 2.18. The van der Waals surface area contributed by atoms with Crippen molar-refractivity contribution in [2.75, 3.05) is 6.54 Å². The highest BCUT2D eigenvalue weighted by Gasteiger charge is 2.24. The van der Waals surface area contributed by atoms with Gasteiger partial charge in [-0.05, 0) is 27.7 Å². The molecule has 1 heterocycles. The maximum Gasteiger partial charge on any atom is 0.246 e. The van der Waals surface area contributed by atoms with Crippen molar-refractivity contribution in [3.8, 4) is 0 Å². The van der Waals surface area contributed by atoms with E-state index in [1.807, 2.05) is 0 Å². The molecule has 0 spiro atoms. The average Bonchev–Trinajstić information content (AvgIpc) is 2.55. The molecule has 1 amide bonds. The first-order valence-electron chi connectivity index (χ1n) is 5.46. The molecule has 8 heteroatoms. The number of carbonyl (C=O) groups excluding carboxylic acids is 1. The Morgan fingerprint density at radius 2 is 2.00 bits per heavy atom. The number of carbonyl (C=O) groups is 1. The van der Waals surface area contributed by atoms with Crippen LogP contribution in [0.5, 0.6) is 0 Å². The lowest BCUT2D eigenvalue weighted by Crippen LogP contribution is -2.39. The quantitative estimate of drug-likeness (QED) is 0.793. The van der Waals surface area contributed by atoms with Gasteiger partial charge in [-0.3, -0.25) is 4.79 Å². The van der Waals surface area contributed by atoms with E-state index in [0.717, 1.165) is 0 Å². The number of nitrogens with one attached hydrogen (secondary N) is 2. The van der Waals surface area contributed by atoms with Gasteiger partial charge in [0.25, 0.3) is 0 Å². The Bertz CT molecular complexity index is 514. The maximum absolute atomic E-state index is 11.9. The molecule has 0 saturated carbocycles. The Kier molecular flexibility index (Phi) is 4.47. The van der Waals surface area contributed by atoms with Crippen molar-refractivity contribution in [1.82, 2.24) is 15.2 Å². The average molecular weight is 275 g/mol.